The molecule has 2 aromatic carbocycles. The Balaban J connectivity index is 2.34. The standard InChI is InChI=1S/C15H12Br2ClNO2/c1-21-15(20)14(12-7-4-10(18)8-13(12)17)19-11-5-2-9(16)3-6-11/h2-8,14,19H,1H3. The summed E-state index contributed by atoms with van der Waals surface area (Å²) in [5.41, 5.74) is 1.57. The smallest absolute Gasteiger partial charge is 0.333 e. The van der Waals surface area contributed by atoms with Gasteiger partial charge in [0.15, 0.2) is 6.04 Å². The van der Waals surface area contributed by atoms with Crippen molar-refractivity contribution in [1.29, 1.82) is 0 Å². The fourth-order valence-electron chi connectivity index (χ4n) is 1.83. The lowest BCUT2D eigenvalue weighted by atomic mass is 10.1. The lowest BCUT2D eigenvalue weighted by Crippen LogP contribution is -2.22. The molecule has 0 aliphatic heterocycles. The van der Waals surface area contributed by atoms with Crippen molar-refractivity contribution in [1.82, 2.24) is 0 Å². The van der Waals surface area contributed by atoms with Crippen LogP contribution in [0.1, 0.15) is 11.6 Å². The highest BCUT2D eigenvalue weighted by molar-refractivity contribution is 9.10. The van der Waals surface area contributed by atoms with E-state index in [1.807, 2.05) is 24.3 Å². The van der Waals surface area contributed by atoms with Crippen LogP contribution >= 0.6 is 43.5 Å². The number of halogens is 3. The predicted molar refractivity (Wildman–Crippen MR) is 91.7 cm³/mol. The molecule has 2 aromatic rings. The van der Waals surface area contributed by atoms with E-state index < -0.39 is 6.04 Å². The van der Waals surface area contributed by atoms with Crippen molar-refractivity contribution >= 4 is 55.1 Å². The van der Waals surface area contributed by atoms with Crippen LogP contribution in [0.3, 0.4) is 0 Å². The molecule has 6 heteroatoms. The van der Waals surface area contributed by atoms with E-state index in [1.165, 1.54) is 7.11 Å². The van der Waals surface area contributed by atoms with E-state index in [9.17, 15) is 4.79 Å². The zero-order valence-corrected chi connectivity index (χ0v) is 15.0. The van der Waals surface area contributed by atoms with Crippen molar-refractivity contribution in [2.75, 3.05) is 12.4 Å². The van der Waals surface area contributed by atoms with Crippen molar-refractivity contribution in [2.45, 2.75) is 6.04 Å². The maximum atomic E-state index is 12.1. The second-order valence-corrected chi connectivity index (χ2v) is 6.48. The molecule has 0 heterocycles. The Hall–Kier alpha value is -1.04. The largest absolute Gasteiger partial charge is 0.467 e. The van der Waals surface area contributed by atoms with Gasteiger partial charge in [-0.25, -0.2) is 4.79 Å². The molecule has 1 atom stereocenters. The third kappa shape index (κ3) is 4.22. The minimum atomic E-state index is -0.622. The first-order chi connectivity index (χ1) is 10.0. The maximum Gasteiger partial charge on any atom is 0.333 e. The van der Waals surface area contributed by atoms with Gasteiger partial charge in [0.1, 0.15) is 0 Å². The molecule has 0 amide bonds. The molecular formula is C15H12Br2ClNO2. The Labute approximate surface area is 144 Å². The lowest BCUT2D eigenvalue weighted by Gasteiger charge is -2.19. The summed E-state index contributed by atoms with van der Waals surface area (Å²) in [6.07, 6.45) is 0. The van der Waals surface area contributed by atoms with Crippen LogP contribution in [-0.2, 0) is 9.53 Å². The Morgan fingerprint density at radius 1 is 1.19 bits per heavy atom. The zero-order valence-electron chi connectivity index (χ0n) is 11.1. The number of anilines is 1. The van der Waals surface area contributed by atoms with Crippen LogP contribution in [0.25, 0.3) is 0 Å². The Kier molecular flexibility index (Phi) is 5.67. The zero-order chi connectivity index (χ0) is 15.4. The fraction of sp³-hybridized carbons (Fsp3) is 0.133. The van der Waals surface area contributed by atoms with Gasteiger partial charge in [0, 0.05) is 19.7 Å². The van der Waals surface area contributed by atoms with Crippen LogP contribution in [0.4, 0.5) is 5.69 Å². The lowest BCUT2D eigenvalue weighted by molar-refractivity contribution is -0.141. The normalized spacial score (nSPS) is 11.8. The summed E-state index contributed by atoms with van der Waals surface area (Å²) in [4.78, 5) is 12.1. The van der Waals surface area contributed by atoms with E-state index in [-0.39, 0.29) is 5.97 Å². The number of rotatable bonds is 4. The highest BCUT2D eigenvalue weighted by Crippen LogP contribution is 2.30. The van der Waals surface area contributed by atoms with Crippen LogP contribution in [-0.4, -0.2) is 13.1 Å². The highest BCUT2D eigenvalue weighted by atomic mass is 79.9. The van der Waals surface area contributed by atoms with E-state index in [2.05, 4.69) is 37.2 Å². The summed E-state index contributed by atoms with van der Waals surface area (Å²) in [5.74, 6) is -0.374. The number of hydrogen-bond acceptors (Lipinski definition) is 3. The number of nitrogens with one attached hydrogen (secondary N) is 1. The maximum absolute atomic E-state index is 12.1. The molecule has 0 aliphatic carbocycles. The number of carbonyl (C=O) groups excluding carboxylic acids is 1. The topological polar surface area (TPSA) is 38.3 Å². The molecule has 2 rings (SSSR count). The van der Waals surface area contributed by atoms with Gasteiger partial charge in [-0.05, 0) is 42.0 Å². The number of methoxy groups -OCH3 is 1. The third-order valence-electron chi connectivity index (χ3n) is 2.87. The first-order valence-corrected chi connectivity index (χ1v) is 8.02. The average Bonchev–Trinajstić information content (AvgIpc) is 2.47. The van der Waals surface area contributed by atoms with Crippen molar-refractivity contribution < 1.29 is 9.53 Å². The Bertz CT molecular complexity index is 647. The molecule has 3 nitrogen and oxygen atoms in total. The monoisotopic (exact) mass is 431 g/mol. The van der Waals surface area contributed by atoms with Gasteiger partial charge in [-0.3, -0.25) is 0 Å². The molecule has 0 radical (unpaired) electrons. The quantitative estimate of drug-likeness (QED) is 0.675. The number of ether oxygens (including phenoxy) is 1. The van der Waals surface area contributed by atoms with Crippen LogP contribution in [0.15, 0.2) is 51.4 Å². The van der Waals surface area contributed by atoms with Gasteiger partial charge < -0.3 is 10.1 Å². The first kappa shape index (κ1) is 16.3. The minimum Gasteiger partial charge on any atom is -0.467 e. The molecule has 0 aliphatic rings. The van der Waals surface area contributed by atoms with E-state index in [4.69, 9.17) is 16.3 Å². The second-order valence-electron chi connectivity index (χ2n) is 4.27. The van der Waals surface area contributed by atoms with E-state index >= 15 is 0 Å². The fourth-order valence-corrected chi connectivity index (χ4v) is 3.01. The summed E-state index contributed by atoms with van der Waals surface area (Å²) in [7, 11) is 1.36. The summed E-state index contributed by atoms with van der Waals surface area (Å²) in [6, 6.07) is 12.2. The predicted octanol–water partition coefficient (Wildman–Crippen LogP) is 5.19. The van der Waals surface area contributed by atoms with Gasteiger partial charge in [-0.1, -0.05) is 49.5 Å². The third-order valence-corrected chi connectivity index (χ3v) is 4.32. The number of benzene rings is 2. The number of carbonyl (C=O) groups is 1. The molecular weight excluding hydrogens is 421 g/mol. The second kappa shape index (κ2) is 7.29. The Morgan fingerprint density at radius 2 is 1.86 bits per heavy atom. The summed E-state index contributed by atoms with van der Waals surface area (Å²) in [5, 5.41) is 3.76. The molecule has 0 saturated carbocycles. The molecule has 0 saturated heterocycles. The molecule has 0 spiro atoms. The van der Waals surface area contributed by atoms with Gasteiger partial charge >= 0.3 is 5.97 Å². The van der Waals surface area contributed by atoms with Crippen molar-refractivity contribution in [2.24, 2.45) is 0 Å². The number of esters is 1. The van der Waals surface area contributed by atoms with Crippen molar-refractivity contribution in [3.63, 3.8) is 0 Å². The molecule has 1 unspecified atom stereocenters. The SMILES string of the molecule is COC(=O)C(Nc1ccc(Br)cc1)c1ccc(Cl)cc1Br. The van der Waals surface area contributed by atoms with Crippen molar-refractivity contribution in [3.05, 3.63) is 62.0 Å². The van der Waals surface area contributed by atoms with Crippen LogP contribution in [0.2, 0.25) is 5.02 Å². The van der Waals surface area contributed by atoms with E-state index in [0.29, 0.717) is 5.02 Å². The molecule has 0 bridgehead atoms. The van der Waals surface area contributed by atoms with Gasteiger partial charge in [-0.2, -0.15) is 0 Å². The summed E-state index contributed by atoms with van der Waals surface area (Å²) < 4.78 is 6.60. The Morgan fingerprint density at radius 3 is 2.43 bits per heavy atom. The molecule has 110 valence electrons. The van der Waals surface area contributed by atoms with Crippen LogP contribution in [0.5, 0.6) is 0 Å². The van der Waals surface area contributed by atoms with Gasteiger partial charge in [0.2, 0.25) is 0 Å². The van der Waals surface area contributed by atoms with Gasteiger partial charge in [0.25, 0.3) is 0 Å². The van der Waals surface area contributed by atoms with Crippen LogP contribution < -0.4 is 5.32 Å². The van der Waals surface area contributed by atoms with Gasteiger partial charge in [-0.15, -0.1) is 0 Å². The van der Waals surface area contributed by atoms with Gasteiger partial charge in [0.05, 0.1) is 7.11 Å². The first-order valence-electron chi connectivity index (χ1n) is 6.06. The van der Waals surface area contributed by atoms with Crippen molar-refractivity contribution in [3.8, 4) is 0 Å². The molecule has 1 N–H and O–H groups in total. The van der Waals surface area contributed by atoms with E-state index in [0.717, 1.165) is 20.2 Å². The highest BCUT2D eigenvalue weighted by Gasteiger charge is 2.23. The molecule has 0 aromatic heterocycles. The van der Waals surface area contributed by atoms with E-state index in [1.54, 1.807) is 18.2 Å². The average molecular weight is 434 g/mol. The summed E-state index contributed by atoms with van der Waals surface area (Å²) in [6.45, 7) is 0. The number of hydrogen-bond donors (Lipinski definition) is 1. The molecule has 0 fully saturated rings. The minimum absolute atomic E-state index is 0.374. The van der Waals surface area contributed by atoms with Crippen LogP contribution in [0, 0.1) is 0 Å². The summed E-state index contributed by atoms with van der Waals surface area (Å²) >= 11 is 12.7. The molecule has 21 heavy (non-hydrogen) atoms.